The summed E-state index contributed by atoms with van der Waals surface area (Å²) < 4.78 is 2.12. The largest absolute Gasteiger partial charge is 0.311 e. The summed E-state index contributed by atoms with van der Waals surface area (Å²) in [6.45, 7) is 12.2. The van der Waals surface area contributed by atoms with E-state index < -0.39 is 0 Å². The van der Waals surface area contributed by atoms with Crippen LogP contribution in [-0.2, 0) is 19.5 Å². The number of likely N-dealkylation sites (tertiary alicyclic amines) is 1. The molecule has 4 heteroatoms. The van der Waals surface area contributed by atoms with Crippen molar-refractivity contribution in [2.45, 2.75) is 72.0 Å². The molecule has 0 saturated carbocycles. The van der Waals surface area contributed by atoms with Crippen LogP contribution in [0.15, 0.2) is 6.07 Å². The molecule has 2 rings (SSSR count). The summed E-state index contributed by atoms with van der Waals surface area (Å²) in [5.74, 6) is 0. The van der Waals surface area contributed by atoms with Crippen LogP contribution in [-0.4, -0.2) is 40.4 Å². The molecular formula is C17H32N4. The van der Waals surface area contributed by atoms with E-state index in [4.69, 9.17) is 0 Å². The minimum Gasteiger partial charge on any atom is -0.311 e. The van der Waals surface area contributed by atoms with Crippen molar-refractivity contribution in [3.8, 4) is 0 Å². The smallest absolute Gasteiger partial charge is 0.0625 e. The zero-order chi connectivity index (χ0) is 15.1. The lowest BCUT2D eigenvalue weighted by atomic mass is 10.0. The highest BCUT2D eigenvalue weighted by molar-refractivity contribution is 5.10. The highest BCUT2D eigenvalue weighted by Gasteiger charge is 2.16. The Morgan fingerprint density at radius 1 is 1.33 bits per heavy atom. The Balaban J connectivity index is 1.66. The third kappa shape index (κ3) is 4.82. The quantitative estimate of drug-likeness (QED) is 0.748. The van der Waals surface area contributed by atoms with E-state index in [1.165, 1.54) is 50.2 Å². The fourth-order valence-corrected chi connectivity index (χ4v) is 3.22. The van der Waals surface area contributed by atoms with Gasteiger partial charge in [-0.15, -0.1) is 0 Å². The van der Waals surface area contributed by atoms with Crippen LogP contribution in [0, 0.1) is 0 Å². The highest BCUT2D eigenvalue weighted by Crippen LogP contribution is 2.16. The Kier molecular flexibility index (Phi) is 6.71. The van der Waals surface area contributed by atoms with Crippen molar-refractivity contribution >= 4 is 0 Å². The van der Waals surface area contributed by atoms with Crippen LogP contribution in [0.3, 0.4) is 0 Å². The summed E-state index contributed by atoms with van der Waals surface area (Å²) in [5.41, 5.74) is 2.52. The molecule has 1 aliphatic rings. The van der Waals surface area contributed by atoms with Gasteiger partial charge >= 0.3 is 0 Å². The first-order valence-electron chi connectivity index (χ1n) is 8.75. The standard InChI is InChI=1S/C17H32N4/c1-4-16-13-17(21(5-2)19-16)14-18-10-8-12-20-11-7-6-9-15(20)3/h13,15,18H,4-12,14H2,1-3H3. The van der Waals surface area contributed by atoms with Crippen molar-refractivity contribution in [2.75, 3.05) is 19.6 Å². The van der Waals surface area contributed by atoms with E-state index in [2.05, 4.69) is 46.8 Å². The van der Waals surface area contributed by atoms with Gasteiger partial charge in [0, 0.05) is 19.1 Å². The molecular weight excluding hydrogens is 260 g/mol. The summed E-state index contributed by atoms with van der Waals surface area (Å²) in [7, 11) is 0. The lowest BCUT2D eigenvalue weighted by Gasteiger charge is -2.33. The fourth-order valence-electron chi connectivity index (χ4n) is 3.22. The zero-order valence-electron chi connectivity index (χ0n) is 14.1. The molecule has 1 aromatic rings. The van der Waals surface area contributed by atoms with Crippen LogP contribution in [0.4, 0.5) is 0 Å². The number of nitrogens with zero attached hydrogens (tertiary/aromatic N) is 3. The maximum atomic E-state index is 4.60. The monoisotopic (exact) mass is 292 g/mol. The Labute approximate surface area is 129 Å². The highest BCUT2D eigenvalue weighted by atomic mass is 15.3. The van der Waals surface area contributed by atoms with Crippen LogP contribution in [0.2, 0.25) is 0 Å². The second kappa shape index (κ2) is 8.54. The second-order valence-corrected chi connectivity index (χ2v) is 6.21. The minimum absolute atomic E-state index is 0.785. The maximum absolute atomic E-state index is 4.60. The van der Waals surface area contributed by atoms with Gasteiger partial charge < -0.3 is 10.2 Å². The summed E-state index contributed by atoms with van der Waals surface area (Å²) in [4.78, 5) is 2.65. The zero-order valence-corrected chi connectivity index (χ0v) is 14.1. The minimum atomic E-state index is 0.785. The maximum Gasteiger partial charge on any atom is 0.0625 e. The number of hydrogen-bond acceptors (Lipinski definition) is 3. The van der Waals surface area contributed by atoms with Gasteiger partial charge in [0.1, 0.15) is 0 Å². The van der Waals surface area contributed by atoms with Crippen LogP contribution in [0.1, 0.15) is 57.8 Å². The Morgan fingerprint density at radius 3 is 2.90 bits per heavy atom. The van der Waals surface area contributed by atoms with Crippen molar-refractivity contribution in [1.29, 1.82) is 0 Å². The van der Waals surface area contributed by atoms with Crippen molar-refractivity contribution in [3.63, 3.8) is 0 Å². The second-order valence-electron chi connectivity index (χ2n) is 6.21. The van der Waals surface area contributed by atoms with Gasteiger partial charge in [0.2, 0.25) is 0 Å². The molecule has 1 N–H and O–H groups in total. The van der Waals surface area contributed by atoms with Gasteiger partial charge in [-0.25, -0.2) is 0 Å². The fraction of sp³-hybridized carbons (Fsp3) is 0.824. The van der Waals surface area contributed by atoms with E-state index in [9.17, 15) is 0 Å². The molecule has 0 aliphatic carbocycles. The molecule has 0 radical (unpaired) electrons. The lowest BCUT2D eigenvalue weighted by molar-refractivity contribution is 0.159. The van der Waals surface area contributed by atoms with Crippen LogP contribution in [0.5, 0.6) is 0 Å². The molecule has 1 aliphatic heterocycles. The van der Waals surface area contributed by atoms with Crippen molar-refractivity contribution < 1.29 is 0 Å². The van der Waals surface area contributed by atoms with E-state index in [1.807, 2.05) is 0 Å². The van der Waals surface area contributed by atoms with Gasteiger partial charge in [-0.3, -0.25) is 4.68 Å². The number of piperidine rings is 1. The molecule has 1 atom stereocenters. The summed E-state index contributed by atoms with van der Waals surface area (Å²) in [5, 5.41) is 8.18. The third-order valence-electron chi connectivity index (χ3n) is 4.62. The van der Waals surface area contributed by atoms with Gasteiger partial charge in [-0.05, 0) is 65.2 Å². The molecule has 1 unspecified atom stereocenters. The van der Waals surface area contributed by atoms with E-state index in [1.54, 1.807) is 0 Å². The number of aryl methyl sites for hydroxylation is 2. The van der Waals surface area contributed by atoms with Crippen molar-refractivity contribution in [1.82, 2.24) is 20.0 Å². The Bertz CT molecular complexity index is 413. The van der Waals surface area contributed by atoms with Gasteiger partial charge in [0.15, 0.2) is 0 Å². The molecule has 4 nitrogen and oxygen atoms in total. The van der Waals surface area contributed by atoms with Crippen molar-refractivity contribution in [2.24, 2.45) is 0 Å². The average Bonchev–Trinajstić information content (AvgIpc) is 2.91. The van der Waals surface area contributed by atoms with Gasteiger partial charge in [0.05, 0.1) is 11.4 Å². The first-order valence-corrected chi connectivity index (χ1v) is 8.75. The molecule has 1 saturated heterocycles. The number of rotatable bonds is 8. The van der Waals surface area contributed by atoms with Crippen LogP contribution >= 0.6 is 0 Å². The van der Waals surface area contributed by atoms with E-state index in [-0.39, 0.29) is 0 Å². The Hall–Kier alpha value is -0.870. The van der Waals surface area contributed by atoms with Gasteiger partial charge in [-0.1, -0.05) is 13.3 Å². The van der Waals surface area contributed by atoms with Crippen LogP contribution < -0.4 is 5.32 Å². The average molecular weight is 292 g/mol. The van der Waals surface area contributed by atoms with E-state index in [0.29, 0.717) is 0 Å². The molecule has 0 spiro atoms. The first-order chi connectivity index (χ1) is 10.2. The first kappa shape index (κ1) is 16.5. The Morgan fingerprint density at radius 2 is 2.19 bits per heavy atom. The number of aromatic nitrogens is 2. The summed E-state index contributed by atoms with van der Waals surface area (Å²) >= 11 is 0. The topological polar surface area (TPSA) is 33.1 Å². The predicted octanol–water partition coefficient (Wildman–Crippen LogP) is 2.82. The molecule has 0 aromatic carbocycles. The lowest BCUT2D eigenvalue weighted by Crippen LogP contribution is -2.38. The predicted molar refractivity (Wildman–Crippen MR) is 88.5 cm³/mol. The number of hydrogen-bond donors (Lipinski definition) is 1. The molecule has 120 valence electrons. The summed E-state index contributed by atoms with van der Waals surface area (Å²) in [6.07, 6.45) is 6.44. The van der Waals surface area contributed by atoms with Crippen molar-refractivity contribution in [3.05, 3.63) is 17.5 Å². The third-order valence-corrected chi connectivity index (χ3v) is 4.62. The van der Waals surface area contributed by atoms with Gasteiger partial charge in [0.25, 0.3) is 0 Å². The van der Waals surface area contributed by atoms with E-state index in [0.717, 1.165) is 32.1 Å². The molecule has 2 heterocycles. The molecule has 0 amide bonds. The molecule has 21 heavy (non-hydrogen) atoms. The van der Waals surface area contributed by atoms with Crippen LogP contribution in [0.25, 0.3) is 0 Å². The summed E-state index contributed by atoms with van der Waals surface area (Å²) in [6, 6.07) is 3.02. The number of nitrogens with one attached hydrogen (secondary N) is 1. The van der Waals surface area contributed by atoms with Gasteiger partial charge in [-0.2, -0.15) is 5.10 Å². The molecule has 1 fully saturated rings. The SMILES string of the molecule is CCc1cc(CNCCCN2CCCCC2C)n(CC)n1. The van der Waals surface area contributed by atoms with E-state index >= 15 is 0 Å². The molecule has 0 bridgehead atoms. The molecule has 1 aromatic heterocycles. The normalized spacial score (nSPS) is 20.0.